The maximum atomic E-state index is 8.31. The predicted molar refractivity (Wildman–Crippen MR) is 348 cm³/mol. The number of hydrogen-bond acceptors (Lipinski definition) is 3. The topological polar surface area (TPSA) is 15.7 Å². The van der Waals surface area contributed by atoms with Gasteiger partial charge in [0.2, 0.25) is 0 Å². The van der Waals surface area contributed by atoms with Crippen LogP contribution in [0.5, 0.6) is 0 Å². The van der Waals surface area contributed by atoms with Crippen LogP contribution in [0, 0.1) is 123 Å². The molecule has 0 N–H and O–H groups in total. The summed E-state index contributed by atoms with van der Waals surface area (Å²) < 4.78 is 8.31. The van der Waals surface area contributed by atoms with E-state index in [1.165, 1.54) is 122 Å². The Kier molecular flexibility index (Phi) is 16.5. The van der Waals surface area contributed by atoms with Crippen LogP contribution in [-0.2, 0) is 4.74 Å². The van der Waals surface area contributed by atoms with Crippen LogP contribution in [-0.4, -0.2) is 65.5 Å². The minimum absolute atomic E-state index is 0.444. The molecular formula is C79H131BN2O. The van der Waals surface area contributed by atoms with Gasteiger partial charge in [0.15, 0.2) is 6.71 Å². The number of likely N-dealkylation sites (tertiary alicyclic amines) is 1. The van der Waals surface area contributed by atoms with E-state index in [9.17, 15) is 0 Å². The van der Waals surface area contributed by atoms with Crippen LogP contribution in [0.2, 0.25) is 17.5 Å². The van der Waals surface area contributed by atoms with Gasteiger partial charge in [-0.25, -0.2) is 0 Å². The fourth-order valence-electron chi connectivity index (χ4n) is 29.7. The van der Waals surface area contributed by atoms with E-state index < -0.39 is 0 Å². The third-order valence-corrected chi connectivity index (χ3v) is 32.9. The highest BCUT2D eigenvalue weighted by atomic mass is 16.5. The van der Waals surface area contributed by atoms with E-state index in [4.69, 9.17) is 4.74 Å². The Balaban J connectivity index is 0.806. The molecule has 16 fully saturated rings. The van der Waals surface area contributed by atoms with Gasteiger partial charge in [-0.15, -0.1) is 0 Å². The Morgan fingerprint density at radius 2 is 0.867 bits per heavy atom. The van der Waals surface area contributed by atoms with E-state index in [1.807, 2.05) is 0 Å². The molecule has 466 valence electrons. The monoisotopic (exact) mass is 1140 g/mol. The van der Waals surface area contributed by atoms with Gasteiger partial charge >= 0.3 is 0 Å². The summed E-state index contributed by atoms with van der Waals surface area (Å²) in [6.45, 7) is 18.4. The number of fused-ring (bicyclic) bond motifs is 7. The summed E-state index contributed by atoms with van der Waals surface area (Å²) in [7, 11) is 0. The standard InChI is InChI=1S/C79H131BN2O/c1-78(2,3)58-41-55-33-34-56-42-59(79(4,5)6)47-65-64(44-57(43-58)74(55)75(56)65)54-35-37-70-66(46-54)80-67-45-53(50-21-10-7-11-22-50)36-38-72(67)83-73-40-49(48-81-68-31-18-16-27-62(68)63-28-17-19-32-69(63)81)39-71(76(73)80)82(70)77-60(51-23-12-8-13-24-51)29-20-30-61(77)52-25-14-9-15-26-52/h49-77H,7-48H2,1-6H3/t49?,53?,54?,55-,56?,57-,58+,59?,60-,61+,62+,63?,64?,65?,66?,67-,68?,69-,70?,71?,72?,73?,74?,75?,76+,77?/m1/s1. The molecule has 26 atom stereocenters. The minimum Gasteiger partial charge on any atom is -0.376 e. The number of ether oxygens (including phenoxy) is 1. The first kappa shape index (κ1) is 58.1. The molecule has 0 bridgehead atoms. The molecule has 17 unspecified atom stereocenters. The van der Waals surface area contributed by atoms with Crippen molar-refractivity contribution in [1.82, 2.24) is 9.80 Å². The van der Waals surface area contributed by atoms with Crippen molar-refractivity contribution in [2.75, 3.05) is 6.54 Å². The molecule has 16 aliphatic rings. The summed E-state index contributed by atoms with van der Waals surface area (Å²) in [4.78, 5) is 7.15. The van der Waals surface area contributed by atoms with Gasteiger partial charge in [0.05, 0.1) is 12.2 Å². The van der Waals surface area contributed by atoms with Crippen molar-refractivity contribution in [3.8, 4) is 0 Å². The lowest BCUT2D eigenvalue weighted by molar-refractivity contribution is -0.158. The van der Waals surface area contributed by atoms with E-state index >= 15 is 0 Å². The molecule has 13 aliphatic carbocycles. The quantitative estimate of drug-likeness (QED) is 0.236. The van der Waals surface area contributed by atoms with Gasteiger partial charge in [0, 0.05) is 36.8 Å². The predicted octanol–water partition coefficient (Wildman–Crippen LogP) is 20.8. The molecule has 0 spiro atoms. The van der Waals surface area contributed by atoms with Crippen LogP contribution in [0.4, 0.5) is 0 Å². The molecule has 0 radical (unpaired) electrons. The first-order chi connectivity index (χ1) is 40.4. The Morgan fingerprint density at radius 3 is 1.51 bits per heavy atom. The summed E-state index contributed by atoms with van der Waals surface area (Å²) in [6, 6.07) is 4.30. The van der Waals surface area contributed by atoms with Gasteiger partial charge < -0.3 is 4.74 Å². The molecular weight excluding hydrogens is 1000 g/mol. The number of hydrogen-bond donors (Lipinski definition) is 0. The van der Waals surface area contributed by atoms with E-state index in [1.54, 1.807) is 148 Å². The summed E-state index contributed by atoms with van der Waals surface area (Å²) >= 11 is 0. The van der Waals surface area contributed by atoms with Crippen molar-refractivity contribution in [2.45, 2.75) is 365 Å². The molecule has 0 aromatic rings. The summed E-state index contributed by atoms with van der Waals surface area (Å²) in [5.74, 6) is 21.4. The second kappa shape index (κ2) is 23.6. The molecule has 13 saturated carbocycles. The van der Waals surface area contributed by atoms with E-state index in [-0.39, 0.29) is 0 Å². The lowest BCUT2D eigenvalue weighted by Crippen LogP contribution is -2.73. The smallest absolute Gasteiger partial charge is 0.159 e. The fourth-order valence-corrected chi connectivity index (χ4v) is 29.7. The molecule has 3 heterocycles. The van der Waals surface area contributed by atoms with Crippen LogP contribution in [0.3, 0.4) is 0 Å². The third-order valence-electron chi connectivity index (χ3n) is 32.9. The fraction of sp³-hybridized carbons (Fsp3) is 1.00. The zero-order chi connectivity index (χ0) is 55.9. The first-order valence-corrected chi connectivity index (χ1v) is 39.6. The molecule has 0 aromatic heterocycles. The average molecular weight is 1140 g/mol. The Morgan fingerprint density at radius 1 is 0.337 bits per heavy atom. The Hall–Kier alpha value is -0.0551. The molecule has 3 saturated heterocycles. The maximum absolute atomic E-state index is 8.31. The number of nitrogens with zero attached hydrogens (tertiary/aromatic N) is 2. The second-order valence-electron chi connectivity index (χ2n) is 38.1. The van der Waals surface area contributed by atoms with Crippen molar-refractivity contribution in [1.29, 1.82) is 0 Å². The zero-order valence-electron chi connectivity index (χ0n) is 55.3. The van der Waals surface area contributed by atoms with Crippen LogP contribution in [0.15, 0.2) is 0 Å². The van der Waals surface area contributed by atoms with E-state index in [0.717, 1.165) is 167 Å². The van der Waals surface area contributed by atoms with Crippen molar-refractivity contribution >= 4 is 6.71 Å². The highest BCUT2D eigenvalue weighted by molar-refractivity contribution is 6.65. The summed E-state index contributed by atoms with van der Waals surface area (Å²) in [6.07, 6.45) is 64.5. The first-order valence-electron chi connectivity index (χ1n) is 39.6. The van der Waals surface area contributed by atoms with E-state index in [0.29, 0.717) is 23.0 Å². The Bertz CT molecular complexity index is 2130. The van der Waals surface area contributed by atoms with Crippen LogP contribution in [0.1, 0.15) is 305 Å². The third kappa shape index (κ3) is 10.5. The summed E-state index contributed by atoms with van der Waals surface area (Å²) in [5.41, 5.74) is 0.900. The van der Waals surface area contributed by atoms with Gasteiger partial charge in [0.1, 0.15) is 0 Å². The zero-order valence-corrected chi connectivity index (χ0v) is 55.3. The lowest BCUT2D eigenvalue weighted by Gasteiger charge is -2.69. The minimum atomic E-state index is 0.444. The van der Waals surface area contributed by atoms with Gasteiger partial charge in [-0.3, -0.25) is 9.80 Å². The molecule has 3 aliphatic heterocycles. The summed E-state index contributed by atoms with van der Waals surface area (Å²) in [5, 5.41) is 0. The van der Waals surface area contributed by atoms with Crippen molar-refractivity contribution in [3.05, 3.63) is 0 Å². The lowest BCUT2D eigenvalue weighted by atomic mass is 9.18. The highest BCUT2D eigenvalue weighted by Crippen LogP contribution is 2.70. The normalized spacial score (nSPS) is 51.2. The molecule has 0 amide bonds. The molecule has 16 rings (SSSR count). The van der Waals surface area contributed by atoms with Gasteiger partial charge in [0.25, 0.3) is 0 Å². The highest BCUT2D eigenvalue weighted by Gasteiger charge is 2.67. The van der Waals surface area contributed by atoms with Crippen molar-refractivity contribution in [3.63, 3.8) is 0 Å². The molecule has 0 aromatic carbocycles. The van der Waals surface area contributed by atoms with Crippen molar-refractivity contribution < 1.29 is 4.74 Å². The Labute approximate surface area is 513 Å². The molecule has 3 nitrogen and oxygen atoms in total. The van der Waals surface area contributed by atoms with Crippen LogP contribution < -0.4 is 0 Å². The van der Waals surface area contributed by atoms with Crippen molar-refractivity contribution in [2.24, 2.45) is 123 Å². The molecule has 4 heteroatoms. The molecule has 83 heavy (non-hydrogen) atoms. The van der Waals surface area contributed by atoms with Crippen LogP contribution in [0.25, 0.3) is 0 Å². The van der Waals surface area contributed by atoms with Gasteiger partial charge in [-0.2, -0.15) is 0 Å². The van der Waals surface area contributed by atoms with E-state index in [2.05, 4.69) is 51.3 Å². The average Bonchev–Trinajstić information content (AvgIpc) is 3.58. The SMILES string of the molecule is CC(C)(C)C1CC2CC[C@@H]3C[C@H](C(C)(C)C)C[C@@H]4CC(C5CCC6C(C5)B5[C@@H]7C(CC(CN8C9CCCC[C@H]9C9CCCC[C@H]98)CC7N6C6[C@@H](C7CCCCC7)CCC[C@H]6C6CCCCC6)OC6CCC(C7CCCCC7)C[C@@H]56)C(C1)C2C34. The maximum Gasteiger partial charge on any atom is 0.159 e. The van der Waals surface area contributed by atoms with Crippen LogP contribution >= 0.6 is 0 Å². The van der Waals surface area contributed by atoms with Gasteiger partial charge in [-0.1, -0.05) is 183 Å². The number of rotatable bonds is 7. The van der Waals surface area contributed by atoms with Gasteiger partial charge in [-0.05, 0) is 263 Å². The second-order valence-corrected chi connectivity index (χ2v) is 38.1. The largest absolute Gasteiger partial charge is 0.376 e.